The average Bonchev–Trinajstić information content (AvgIpc) is 2.34. The smallest absolute Gasteiger partial charge is 0.251 e. The first-order chi connectivity index (χ1) is 9.24. The van der Waals surface area contributed by atoms with Crippen molar-refractivity contribution in [1.29, 1.82) is 0 Å². The standard InChI is InChI=1S/C16H27N3O/c1-12(2)18-15(20)14-9-7-13(8-10-14)11-19(17-6)16(3,4)5/h7-10,12,17H,11H2,1-6H3,(H,18,20). The minimum atomic E-state index is -0.0205. The number of carbonyl (C=O) groups is 1. The molecular weight excluding hydrogens is 250 g/mol. The van der Waals surface area contributed by atoms with E-state index in [0.29, 0.717) is 5.56 Å². The van der Waals surface area contributed by atoms with Gasteiger partial charge in [0.05, 0.1) is 0 Å². The van der Waals surface area contributed by atoms with Crippen molar-refractivity contribution in [2.75, 3.05) is 7.05 Å². The number of nitrogens with one attached hydrogen (secondary N) is 2. The second kappa shape index (κ2) is 6.86. The Kier molecular flexibility index (Phi) is 5.72. The van der Waals surface area contributed by atoms with E-state index in [0.717, 1.165) is 6.54 Å². The SMILES string of the molecule is CNN(Cc1ccc(C(=O)NC(C)C)cc1)C(C)(C)C. The first kappa shape index (κ1) is 16.7. The molecule has 0 aromatic heterocycles. The molecule has 0 unspecified atom stereocenters. The fraction of sp³-hybridized carbons (Fsp3) is 0.562. The molecule has 4 nitrogen and oxygen atoms in total. The van der Waals surface area contributed by atoms with Crippen LogP contribution in [-0.2, 0) is 6.54 Å². The molecule has 0 saturated heterocycles. The lowest BCUT2D eigenvalue weighted by Gasteiger charge is -2.34. The van der Waals surface area contributed by atoms with Gasteiger partial charge in [-0.25, -0.2) is 5.01 Å². The summed E-state index contributed by atoms with van der Waals surface area (Å²) in [4.78, 5) is 11.9. The van der Waals surface area contributed by atoms with Gasteiger partial charge in [0.2, 0.25) is 0 Å². The van der Waals surface area contributed by atoms with Crippen molar-refractivity contribution in [3.05, 3.63) is 35.4 Å². The van der Waals surface area contributed by atoms with Crippen LogP contribution in [0.15, 0.2) is 24.3 Å². The highest BCUT2D eigenvalue weighted by Crippen LogP contribution is 2.15. The summed E-state index contributed by atoms with van der Waals surface area (Å²) in [7, 11) is 1.93. The summed E-state index contributed by atoms with van der Waals surface area (Å²) in [6, 6.07) is 7.92. The van der Waals surface area contributed by atoms with Crippen LogP contribution in [0.4, 0.5) is 0 Å². The third-order valence-electron chi connectivity index (χ3n) is 3.06. The fourth-order valence-corrected chi connectivity index (χ4v) is 1.94. The van der Waals surface area contributed by atoms with Crippen LogP contribution in [0.2, 0.25) is 0 Å². The van der Waals surface area contributed by atoms with Crippen molar-refractivity contribution in [3.63, 3.8) is 0 Å². The van der Waals surface area contributed by atoms with E-state index in [2.05, 4.69) is 36.5 Å². The molecule has 1 aromatic rings. The number of rotatable bonds is 5. The topological polar surface area (TPSA) is 44.4 Å². The molecule has 1 aromatic carbocycles. The van der Waals surface area contributed by atoms with Gasteiger partial charge in [0, 0.05) is 23.7 Å². The van der Waals surface area contributed by atoms with E-state index >= 15 is 0 Å². The maximum atomic E-state index is 11.9. The lowest BCUT2D eigenvalue weighted by molar-refractivity contribution is 0.0759. The zero-order valence-corrected chi connectivity index (χ0v) is 13.4. The molecule has 2 N–H and O–H groups in total. The number of nitrogens with zero attached hydrogens (tertiary/aromatic N) is 1. The van der Waals surface area contributed by atoms with Gasteiger partial charge in [0.1, 0.15) is 0 Å². The van der Waals surface area contributed by atoms with E-state index in [1.165, 1.54) is 5.56 Å². The summed E-state index contributed by atoms with van der Waals surface area (Å²) in [5.74, 6) is -0.0205. The summed E-state index contributed by atoms with van der Waals surface area (Å²) < 4.78 is 0. The van der Waals surface area contributed by atoms with Crippen LogP contribution >= 0.6 is 0 Å². The second-order valence-electron chi connectivity index (χ2n) is 6.31. The molecule has 0 fully saturated rings. The number of carbonyl (C=O) groups excluding carboxylic acids is 1. The Hall–Kier alpha value is -1.39. The molecule has 0 radical (unpaired) electrons. The van der Waals surface area contributed by atoms with Gasteiger partial charge in [-0.3, -0.25) is 10.2 Å². The van der Waals surface area contributed by atoms with Gasteiger partial charge in [-0.2, -0.15) is 0 Å². The number of hydrazine groups is 1. The fourth-order valence-electron chi connectivity index (χ4n) is 1.94. The molecule has 0 aliphatic carbocycles. The van der Waals surface area contributed by atoms with Gasteiger partial charge in [0.15, 0.2) is 0 Å². The van der Waals surface area contributed by atoms with Gasteiger partial charge in [0.25, 0.3) is 5.91 Å². The van der Waals surface area contributed by atoms with Crippen LogP contribution in [0.3, 0.4) is 0 Å². The molecule has 0 saturated carbocycles. The summed E-state index contributed by atoms with van der Waals surface area (Å²) in [5.41, 5.74) is 5.13. The number of benzene rings is 1. The Labute approximate surface area is 122 Å². The quantitative estimate of drug-likeness (QED) is 0.813. The monoisotopic (exact) mass is 277 g/mol. The largest absolute Gasteiger partial charge is 0.350 e. The summed E-state index contributed by atoms with van der Waals surface area (Å²) in [5, 5.41) is 5.06. The van der Waals surface area contributed by atoms with Gasteiger partial charge in [-0.05, 0) is 59.4 Å². The number of hydrogen-bond donors (Lipinski definition) is 2. The van der Waals surface area contributed by atoms with Crippen LogP contribution in [-0.4, -0.2) is 29.5 Å². The van der Waals surface area contributed by atoms with E-state index < -0.39 is 0 Å². The molecule has 112 valence electrons. The Morgan fingerprint density at radius 1 is 1.20 bits per heavy atom. The van der Waals surface area contributed by atoms with Gasteiger partial charge >= 0.3 is 0 Å². The molecule has 1 amide bonds. The first-order valence-electron chi connectivity index (χ1n) is 7.09. The van der Waals surface area contributed by atoms with Crippen molar-refractivity contribution in [1.82, 2.24) is 15.8 Å². The normalized spacial score (nSPS) is 12.0. The van der Waals surface area contributed by atoms with E-state index in [-0.39, 0.29) is 17.5 Å². The number of hydrogen-bond acceptors (Lipinski definition) is 3. The van der Waals surface area contributed by atoms with Gasteiger partial charge < -0.3 is 5.32 Å². The summed E-state index contributed by atoms with van der Waals surface area (Å²) in [6.07, 6.45) is 0. The highest BCUT2D eigenvalue weighted by molar-refractivity contribution is 5.94. The highest BCUT2D eigenvalue weighted by atomic mass is 16.1. The Morgan fingerprint density at radius 2 is 1.75 bits per heavy atom. The molecule has 0 spiro atoms. The van der Waals surface area contributed by atoms with Gasteiger partial charge in [-0.1, -0.05) is 12.1 Å². The third kappa shape index (κ3) is 4.94. The minimum Gasteiger partial charge on any atom is -0.350 e. The molecule has 0 aliphatic rings. The van der Waals surface area contributed by atoms with E-state index in [9.17, 15) is 4.79 Å². The van der Waals surface area contributed by atoms with Crippen molar-refractivity contribution in [2.45, 2.75) is 52.7 Å². The van der Waals surface area contributed by atoms with Crippen LogP contribution in [0.25, 0.3) is 0 Å². The molecular formula is C16H27N3O. The van der Waals surface area contributed by atoms with Crippen molar-refractivity contribution >= 4 is 5.91 Å². The average molecular weight is 277 g/mol. The summed E-state index contributed by atoms with van der Waals surface area (Å²) in [6.45, 7) is 11.2. The summed E-state index contributed by atoms with van der Waals surface area (Å²) >= 11 is 0. The minimum absolute atomic E-state index is 0.0205. The lowest BCUT2D eigenvalue weighted by Crippen LogP contribution is -2.48. The van der Waals surface area contributed by atoms with Crippen molar-refractivity contribution in [2.24, 2.45) is 0 Å². The van der Waals surface area contributed by atoms with Crippen LogP contribution in [0.5, 0.6) is 0 Å². The predicted octanol–water partition coefficient (Wildman–Crippen LogP) is 2.56. The van der Waals surface area contributed by atoms with Crippen LogP contribution < -0.4 is 10.7 Å². The first-order valence-corrected chi connectivity index (χ1v) is 7.09. The van der Waals surface area contributed by atoms with Crippen LogP contribution in [0, 0.1) is 0 Å². The lowest BCUT2D eigenvalue weighted by atomic mass is 10.1. The Bertz CT molecular complexity index is 432. The maximum Gasteiger partial charge on any atom is 0.251 e. The molecule has 0 heterocycles. The van der Waals surface area contributed by atoms with E-state index in [1.54, 1.807) is 0 Å². The van der Waals surface area contributed by atoms with Crippen molar-refractivity contribution in [3.8, 4) is 0 Å². The van der Waals surface area contributed by atoms with Crippen molar-refractivity contribution < 1.29 is 4.79 Å². The Morgan fingerprint density at radius 3 is 2.15 bits per heavy atom. The number of amides is 1. The molecule has 0 bridgehead atoms. The molecule has 20 heavy (non-hydrogen) atoms. The van der Waals surface area contributed by atoms with E-state index in [1.807, 2.05) is 45.2 Å². The zero-order valence-electron chi connectivity index (χ0n) is 13.4. The third-order valence-corrected chi connectivity index (χ3v) is 3.06. The molecule has 0 aliphatic heterocycles. The highest BCUT2D eigenvalue weighted by Gasteiger charge is 2.19. The predicted molar refractivity (Wildman–Crippen MR) is 83.4 cm³/mol. The zero-order chi connectivity index (χ0) is 15.3. The Balaban J connectivity index is 2.74. The maximum absolute atomic E-state index is 11.9. The second-order valence-corrected chi connectivity index (χ2v) is 6.31. The van der Waals surface area contributed by atoms with Gasteiger partial charge in [-0.15, -0.1) is 0 Å². The van der Waals surface area contributed by atoms with E-state index in [4.69, 9.17) is 0 Å². The molecule has 1 rings (SSSR count). The van der Waals surface area contributed by atoms with Crippen LogP contribution in [0.1, 0.15) is 50.5 Å². The molecule has 0 atom stereocenters. The molecule has 4 heteroatoms.